The van der Waals surface area contributed by atoms with E-state index in [2.05, 4.69) is 10.4 Å². The Balaban J connectivity index is 2.19. The van der Waals surface area contributed by atoms with Crippen LogP contribution in [0, 0.1) is 0 Å². The summed E-state index contributed by atoms with van der Waals surface area (Å²) in [6.07, 6.45) is 3.77. The number of benzene rings is 1. The SMILES string of the molecule is CCn1ccc(NC(=O)c2cc(SC)ccc2Cl)n1. The summed E-state index contributed by atoms with van der Waals surface area (Å²) >= 11 is 7.62. The zero-order valence-electron chi connectivity index (χ0n) is 10.7. The van der Waals surface area contributed by atoms with E-state index in [0.29, 0.717) is 16.4 Å². The van der Waals surface area contributed by atoms with Crippen LogP contribution in [0.1, 0.15) is 17.3 Å². The molecule has 1 heterocycles. The molecule has 0 atom stereocenters. The van der Waals surface area contributed by atoms with E-state index >= 15 is 0 Å². The largest absolute Gasteiger partial charge is 0.305 e. The highest BCUT2D eigenvalue weighted by molar-refractivity contribution is 7.98. The number of aryl methyl sites for hydroxylation is 1. The van der Waals surface area contributed by atoms with Gasteiger partial charge in [-0.1, -0.05) is 11.6 Å². The van der Waals surface area contributed by atoms with E-state index in [1.807, 2.05) is 25.4 Å². The maximum absolute atomic E-state index is 12.1. The molecule has 1 amide bonds. The summed E-state index contributed by atoms with van der Waals surface area (Å²) in [6.45, 7) is 2.75. The Hall–Kier alpha value is -1.46. The smallest absolute Gasteiger partial charge is 0.258 e. The van der Waals surface area contributed by atoms with Gasteiger partial charge in [0, 0.05) is 23.7 Å². The standard InChI is InChI=1S/C13H14ClN3OS/c1-3-17-7-6-12(16-17)15-13(18)10-8-9(19-2)4-5-11(10)14/h4-8H,3H2,1-2H3,(H,15,16,18). The number of anilines is 1. The molecule has 1 N–H and O–H groups in total. The molecule has 0 radical (unpaired) electrons. The van der Waals surface area contributed by atoms with E-state index in [9.17, 15) is 4.79 Å². The second kappa shape index (κ2) is 6.12. The fourth-order valence-electron chi connectivity index (χ4n) is 1.59. The van der Waals surface area contributed by atoms with Crippen LogP contribution in [0.15, 0.2) is 35.4 Å². The van der Waals surface area contributed by atoms with Crippen molar-refractivity contribution in [2.45, 2.75) is 18.4 Å². The fourth-order valence-corrected chi connectivity index (χ4v) is 2.24. The molecular weight excluding hydrogens is 282 g/mol. The van der Waals surface area contributed by atoms with Crippen LogP contribution >= 0.6 is 23.4 Å². The lowest BCUT2D eigenvalue weighted by Crippen LogP contribution is -2.13. The molecule has 0 aliphatic heterocycles. The molecule has 6 heteroatoms. The molecule has 100 valence electrons. The molecule has 0 unspecified atom stereocenters. The molecule has 0 spiro atoms. The molecule has 1 aromatic carbocycles. The van der Waals surface area contributed by atoms with Gasteiger partial charge >= 0.3 is 0 Å². The van der Waals surface area contributed by atoms with Crippen LogP contribution in [0.5, 0.6) is 0 Å². The van der Waals surface area contributed by atoms with Crippen LogP contribution in [0.4, 0.5) is 5.82 Å². The summed E-state index contributed by atoms with van der Waals surface area (Å²) in [6, 6.07) is 7.15. The minimum Gasteiger partial charge on any atom is -0.305 e. The molecule has 0 fully saturated rings. The van der Waals surface area contributed by atoms with Crippen molar-refractivity contribution in [3.8, 4) is 0 Å². The predicted molar refractivity (Wildman–Crippen MR) is 79.1 cm³/mol. The van der Waals surface area contributed by atoms with Gasteiger partial charge in [0.15, 0.2) is 5.82 Å². The summed E-state index contributed by atoms with van der Waals surface area (Å²) in [4.78, 5) is 13.1. The Bertz CT molecular complexity index is 597. The Morgan fingerprint density at radius 3 is 2.89 bits per heavy atom. The summed E-state index contributed by atoms with van der Waals surface area (Å²) in [5.41, 5.74) is 0.458. The van der Waals surface area contributed by atoms with Crippen molar-refractivity contribution in [3.63, 3.8) is 0 Å². The van der Waals surface area contributed by atoms with Crippen molar-refractivity contribution in [3.05, 3.63) is 41.0 Å². The number of carbonyl (C=O) groups excluding carboxylic acids is 1. The minimum absolute atomic E-state index is 0.248. The van der Waals surface area contributed by atoms with E-state index in [4.69, 9.17) is 11.6 Å². The second-order valence-electron chi connectivity index (χ2n) is 3.86. The van der Waals surface area contributed by atoms with Gasteiger partial charge in [-0.2, -0.15) is 5.10 Å². The summed E-state index contributed by atoms with van der Waals surface area (Å²) in [5.74, 6) is 0.278. The molecule has 0 saturated carbocycles. The first-order valence-corrected chi connectivity index (χ1v) is 7.42. The molecule has 0 aliphatic carbocycles. The number of thioether (sulfide) groups is 1. The van der Waals surface area contributed by atoms with Crippen LogP contribution in [0.3, 0.4) is 0 Å². The van der Waals surface area contributed by atoms with Crippen LogP contribution < -0.4 is 5.32 Å². The van der Waals surface area contributed by atoms with Gasteiger partial charge in [-0.05, 0) is 31.4 Å². The van der Waals surface area contributed by atoms with E-state index in [1.54, 1.807) is 34.6 Å². The highest BCUT2D eigenvalue weighted by Crippen LogP contribution is 2.23. The maximum Gasteiger partial charge on any atom is 0.258 e. The number of rotatable bonds is 4. The predicted octanol–water partition coefficient (Wildman–Crippen LogP) is 3.53. The number of aromatic nitrogens is 2. The Morgan fingerprint density at radius 2 is 2.26 bits per heavy atom. The van der Waals surface area contributed by atoms with Crippen LogP contribution in [0.25, 0.3) is 0 Å². The molecule has 4 nitrogen and oxygen atoms in total. The number of nitrogens with one attached hydrogen (secondary N) is 1. The van der Waals surface area contributed by atoms with E-state index in [1.165, 1.54) is 0 Å². The molecule has 2 rings (SSSR count). The molecule has 19 heavy (non-hydrogen) atoms. The first-order chi connectivity index (χ1) is 9.13. The Kier molecular flexibility index (Phi) is 4.50. The number of amides is 1. The van der Waals surface area contributed by atoms with Gasteiger partial charge in [-0.25, -0.2) is 0 Å². The quantitative estimate of drug-likeness (QED) is 0.878. The molecule has 2 aromatic rings. The van der Waals surface area contributed by atoms with E-state index in [0.717, 1.165) is 11.4 Å². The first kappa shape index (κ1) is 14.0. The number of hydrogen-bond donors (Lipinski definition) is 1. The summed E-state index contributed by atoms with van der Waals surface area (Å²) < 4.78 is 1.75. The van der Waals surface area contributed by atoms with Crippen LogP contribution in [-0.2, 0) is 6.54 Å². The Morgan fingerprint density at radius 1 is 1.47 bits per heavy atom. The minimum atomic E-state index is -0.248. The van der Waals surface area contributed by atoms with Crippen molar-refractivity contribution >= 4 is 35.1 Å². The van der Waals surface area contributed by atoms with Gasteiger partial charge < -0.3 is 5.32 Å². The zero-order chi connectivity index (χ0) is 13.8. The molecule has 0 bridgehead atoms. The number of hydrogen-bond acceptors (Lipinski definition) is 3. The highest BCUT2D eigenvalue weighted by Gasteiger charge is 2.12. The lowest BCUT2D eigenvalue weighted by Gasteiger charge is -2.06. The first-order valence-electron chi connectivity index (χ1n) is 5.82. The van der Waals surface area contributed by atoms with Crippen LogP contribution in [-0.4, -0.2) is 21.9 Å². The van der Waals surface area contributed by atoms with Crippen molar-refractivity contribution in [2.24, 2.45) is 0 Å². The van der Waals surface area contributed by atoms with Crippen molar-refractivity contribution in [1.82, 2.24) is 9.78 Å². The van der Waals surface area contributed by atoms with Gasteiger partial charge in [0.25, 0.3) is 5.91 Å². The summed E-state index contributed by atoms with van der Waals surface area (Å²) in [5, 5.41) is 7.38. The van der Waals surface area contributed by atoms with Gasteiger partial charge in [0.2, 0.25) is 0 Å². The lowest BCUT2D eigenvalue weighted by atomic mass is 10.2. The van der Waals surface area contributed by atoms with Crippen LogP contribution in [0.2, 0.25) is 5.02 Å². The second-order valence-corrected chi connectivity index (χ2v) is 5.14. The molecular formula is C13H14ClN3OS. The molecule has 0 saturated heterocycles. The van der Waals surface area contributed by atoms with Crippen molar-refractivity contribution in [2.75, 3.05) is 11.6 Å². The monoisotopic (exact) mass is 295 g/mol. The molecule has 1 aromatic heterocycles. The average molecular weight is 296 g/mol. The lowest BCUT2D eigenvalue weighted by molar-refractivity contribution is 0.102. The highest BCUT2D eigenvalue weighted by atomic mass is 35.5. The molecule has 0 aliphatic rings. The van der Waals surface area contributed by atoms with Gasteiger partial charge in [0.05, 0.1) is 10.6 Å². The van der Waals surface area contributed by atoms with Gasteiger partial charge in [-0.3, -0.25) is 9.48 Å². The normalized spacial score (nSPS) is 10.5. The topological polar surface area (TPSA) is 46.9 Å². The average Bonchev–Trinajstić information content (AvgIpc) is 2.87. The Labute approximate surface area is 121 Å². The fraction of sp³-hybridized carbons (Fsp3) is 0.231. The number of carbonyl (C=O) groups is 1. The van der Waals surface area contributed by atoms with Gasteiger partial charge in [-0.15, -0.1) is 11.8 Å². The van der Waals surface area contributed by atoms with E-state index in [-0.39, 0.29) is 5.91 Å². The zero-order valence-corrected chi connectivity index (χ0v) is 12.3. The van der Waals surface area contributed by atoms with Crippen molar-refractivity contribution < 1.29 is 4.79 Å². The van der Waals surface area contributed by atoms with Crippen molar-refractivity contribution in [1.29, 1.82) is 0 Å². The number of halogens is 1. The third-order valence-corrected chi connectivity index (χ3v) is 3.68. The van der Waals surface area contributed by atoms with E-state index < -0.39 is 0 Å². The third kappa shape index (κ3) is 3.30. The van der Waals surface area contributed by atoms with Gasteiger partial charge in [0.1, 0.15) is 0 Å². The maximum atomic E-state index is 12.1. The number of nitrogens with zero attached hydrogens (tertiary/aromatic N) is 2. The summed E-state index contributed by atoms with van der Waals surface area (Å²) in [7, 11) is 0. The third-order valence-electron chi connectivity index (χ3n) is 2.62.